The lowest BCUT2D eigenvalue weighted by molar-refractivity contribution is -0.388. The van der Waals surface area contributed by atoms with E-state index < -0.39 is 28.4 Å². The maximum atomic E-state index is 13.1. The van der Waals surface area contributed by atoms with Gasteiger partial charge in [-0.1, -0.05) is 13.3 Å². The molecule has 1 aromatic carbocycles. The van der Waals surface area contributed by atoms with Crippen LogP contribution in [0.15, 0.2) is 18.2 Å². The van der Waals surface area contributed by atoms with Crippen molar-refractivity contribution in [2.75, 3.05) is 0 Å². The Kier molecular flexibility index (Phi) is 5.19. The minimum absolute atomic E-state index is 0.0786. The first-order valence-electron chi connectivity index (χ1n) is 7.48. The number of hydrogen-bond donors (Lipinski definition) is 1. The Balaban J connectivity index is 2.50. The molecule has 0 bridgehead atoms. The fourth-order valence-corrected chi connectivity index (χ4v) is 2.42. The third kappa shape index (κ3) is 3.76. The SMILES string of the molecule is CCCc1c(Oc2ccc([N+](=O)[O-])c(C(F)(F)F)c2)nn(C(N)=O)c1C. The van der Waals surface area contributed by atoms with Gasteiger partial charge in [0, 0.05) is 17.7 Å². The van der Waals surface area contributed by atoms with Crippen molar-refractivity contribution in [3.8, 4) is 11.6 Å². The lowest BCUT2D eigenvalue weighted by Crippen LogP contribution is -2.22. The fourth-order valence-electron chi connectivity index (χ4n) is 2.42. The third-order valence-electron chi connectivity index (χ3n) is 3.60. The highest BCUT2D eigenvalue weighted by atomic mass is 19.4. The van der Waals surface area contributed by atoms with E-state index in [-0.39, 0.29) is 11.6 Å². The monoisotopic (exact) mass is 372 g/mol. The fraction of sp³-hybridized carbons (Fsp3) is 0.333. The number of primary amides is 1. The molecule has 0 saturated heterocycles. The number of nitro benzene ring substituents is 1. The number of alkyl halides is 3. The van der Waals surface area contributed by atoms with Crippen molar-refractivity contribution in [2.24, 2.45) is 5.73 Å². The van der Waals surface area contributed by atoms with Gasteiger partial charge in [0.05, 0.1) is 10.6 Å². The van der Waals surface area contributed by atoms with Crippen molar-refractivity contribution in [1.82, 2.24) is 9.78 Å². The van der Waals surface area contributed by atoms with E-state index in [0.29, 0.717) is 36.2 Å². The van der Waals surface area contributed by atoms with Crippen LogP contribution < -0.4 is 10.5 Å². The number of aromatic nitrogens is 2. The van der Waals surface area contributed by atoms with Crippen LogP contribution in [0.25, 0.3) is 0 Å². The molecule has 1 heterocycles. The highest BCUT2D eigenvalue weighted by Crippen LogP contribution is 2.39. The van der Waals surface area contributed by atoms with Gasteiger partial charge < -0.3 is 10.5 Å². The normalized spacial score (nSPS) is 11.4. The second-order valence-electron chi connectivity index (χ2n) is 5.41. The molecule has 0 aliphatic heterocycles. The Morgan fingerprint density at radius 2 is 2.08 bits per heavy atom. The lowest BCUT2D eigenvalue weighted by Gasteiger charge is -2.10. The Bertz CT molecular complexity index is 861. The van der Waals surface area contributed by atoms with Gasteiger partial charge in [0.15, 0.2) is 0 Å². The molecule has 0 saturated carbocycles. The molecule has 2 aromatic rings. The number of rotatable bonds is 5. The maximum Gasteiger partial charge on any atom is 0.423 e. The highest BCUT2D eigenvalue weighted by molar-refractivity contribution is 5.75. The molecule has 0 aliphatic carbocycles. The van der Waals surface area contributed by atoms with E-state index in [9.17, 15) is 28.1 Å². The zero-order valence-corrected chi connectivity index (χ0v) is 13.8. The molecule has 2 N–H and O–H groups in total. The highest BCUT2D eigenvalue weighted by Gasteiger charge is 2.38. The van der Waals surface area contributed by atoms with E-state index >= 15 is 0 Å². The van der Waals surface area contributed by atoms with Crippen LogP contribution in [0.5, 0.6) is 11.6 Å². The Morgan fingerprint density at radius 3 is 2.58 bits per heavy atom. The van der Waals surface area contributed by atoms with Crippen LogP contribution in [0.1, 0.15) is 30.2 Å². The van der Waals surface area contributed by atoms with E-state index in [4.69, 9.17) is 10.5 Å². The molecule has 2 rings (SSSR count). The van der Waals surface area contributed by atoms with Crippen LogP contribution in [-0.2, 0) is 12.6 Å². The topological polar surface area (TPSA) is 113 Å². The second-order valence-corrected chi connectivity index (χ2v) is 5.41. The molecule has 0 fully saturated rings. The Morgan fingerprint density at radius 1 is 1.42 bits per heavy atom. The van der Waals surface area contributed by atoms with Crippen molar-refractivity contribution >= 4 is 11.7 Å². The van der Waals surface area contributed by atoms with Gasteiger partial charge in [-0.15, -0.1) is 5.10 Å². The zero-order chi connectivity index (χ0) is 19.6. The van der Waals surface area contributed by atoms with Crippen LogP contribution in [0.2, 0.25) is 0 Å². The Labute approximate surface area is 145 Å². The van der Waals surface area contributed by atoms with Crippen molar-refractivity contribution in [2.45, 2.75) is 32.9 Å². The summed E-state index contributed by atoms with van der Waals surface area (Å²) in [5.74, 6) is -0.375. The average molecular weight is 372 g/mol. The van der Waals surface area contributed by atoms with Crippen molar-refractivity contribution in [3.05, 3.63) is 45.1 Å². The number of carbonyl (C=O) groups is 1. The largest absolute Gasteiger partial charge is 0.437 e. The van der Waals surface area contributed by atoms with Gasteiger partial charge in [-0.3, -0.25) is 10.1 Å². The number of nitrogens with zero attached hydrogens (tertiary/aromatic N) is 3. The zero-order valence-electron chi connectivity index (χ0n) is 13.8. The standard InChI is InChI=1S/C15H15F3N4O4/c1-3-4-10-8(2)21(14(19)23)20-13(10)26-9-5-6-12(22(24)25)11(7-9)15(16,17)18/h5-7H,3-4H2,1-2H3,(H2,19,23). The number of hydrogen-bond acceptors (Lipinski definition) is 5. The van der Waals surface area contributed by atoms with Gasteiger partial charge in [-0.2, -0.15) is 17.9 Å². The summed E-state index contributed by atoms with van der Waals surface area (Å²) in [6, 6.07) is 1.39. The summed E-state index contributed by atoms with van der Waals surface area (Å²) in [5, 5.41) is 14.7. The number of amides is 1. The smallest absolute Gasteiger partial charge is 0.423 e. The Hall–Kier alpha value is -3.11. The summed E-state index contributed by atoms with van der Waals surface area (Å²) >= 11 is 0. The predicted molar refractivity (Wildman–Crippen MR) is 84.1 cm³/mol. The number of nitro groups is 1. The summed E-state index contributed by atoms with van der Waals surface area (Å²) < 4.78 is 45.4. The molecule has 0 radical (unpaired) electrons. The number of halogens is 3. The van der Waals surface area contributed by atoms with Crippen LogP contribution in [0.3, 0.4) is 0 Å². The van der Waals surface area contributed by atoms with Crippen LogP contribution in [0.4, 0.5) is 23.7 Å². The summed E-state index contributed by atoms with van der Waals surface area (Å²) in [5.41, 5.74) is 3.60. The van der Waals surface area contributed by atoms with Crippen LogP contribution in [-0.4, -0.2) is 20.7 Å². The van der Waals surface area contributed by atoms with E-state index in [1.165, 1.54) is 0 Å². The lowest BCUT2D eigenvalue weighted by atomic mass is 10.1. The first-order chi connectivity index (χ1) is 12.1. The van der Waals surface area contributed by atoms with Crippen LogP contribution >= 0.6 is 0 Å². The molecule has 0 aliphatic rings. The average Bonchev–Trinajstić information content (AvgIpc) is 2.83. The van der Waals surface area contributed by atoms with E-state index in [2.05, 4.69) is 5.10 Å². The molecule has 0 unspecified atom stereocenters. The van der Waals surface area contributed by atoms with Gasteiger partial charge in [0.1, 0.15) is 11.3 Å². The molecule has 0 spiro atoms. The molecular formula is C15H15F3N4O4. The minimum Gasteiger partial charge on any atom is -0.437 e. The molecule has 1 amide bonds. The van der Waals surface area contributed by atoms with Crippen molar-refractivity contribution in [3.63, 3.8) is 0 Å². The maximum absolute atomic E-state index is 13.1. The van der Waals surface area contributed by atoms with Gasteiger partial charge in [0.2, 0.25) is 5.88 Å². The predicted octanol–water partition coefficient (Wildman–Crippen LogP) is 3.79. The summed E-state index contributed by atoms with van der Waals surface area (Å²) in [6.07, 6.45) is -3.82. The van der Waals surface area contributed by atoms with Gasteiger partial charge in [-0.05, 0) is 19.4 Å². The van der Waals surface area contributed by atoms with E-state index in [1.807, 2.05) is 6.92 Å². The molecule has 1 aromatic heterocycles. The first-order valence-corrected chi connectivity index (χ1v) is 7.48. The number of ether oxygens (including phenoxy) is 1. The number of benzene rings is 1. The van der Waals surface area contributed by atoms with E-state index in [1.54, 1.807) is 6.92 Å². The minimum atomic E-state index is -4.93. The first kappa shape index (κ1) is 19.2. The molecular weight excluding hydrogens is 357 g/mol. The second kappa shape index (κ2) is 7.02. The summed E-state index contributed by atoms with van der Waals surface area (Å²) in [6.45, 7) is 3.44. The summed E-state index contributed by atoms with van der Waals surface area (Å²) in [4.78, 5) is 21.1. The van der Waals surface area contributed by atoms with Gasteiger partial charge in [0.25, 0.3) is 5.69 Å². The summed E-state index contributed by atoms with van der Waals surface area (Å²) in [7, 11) is 0. The van der Waals surface area contributed by atoms with E-state index in [0.717, 1.165) is 10.7 Å². The third-order valence-corrected chi connectivity index (χ3v) is 3.60. The molecule has 26 heavy (non-hydrogen) atoms. The van der Waals surface area contributed by atoms with Gasteiger partial charge in [-0.25, -0.2) is 4.79 Å². The molecule has 8 nitrogen and oxygen atoms in total. The quantitative estimate of drug-likeness (QED) is 0.634. The van der Waals surface area contributed by atoms with Gasteiger partial charge >= 0.3 is 12.2 Å². The van der Waals surface area contributed by atoms with Crippen LogP contribution in [0, 0.1) is 17.0 Å². The van der Waals surface area contributed by atoms with Crippen molar-refractivity contribution < 1.29 is 27.6 Å². The molecule has 11 heteroatoms. The number of nitrogens with two attached hydrogens (primary N) is 1. The van der Waals surface area contributed by atoms with Crippen molar-refractivity contribution in [1.29, 1.82) is 0 Å². The molecule has 140 valence electrons. The number of carbonyl (C=O) groups excluding carboxylic acids is 1. The molecule has 0 atom stereocenters.